The lowest BCUT2D eigenvalue weighted by atomic mass is 10.2. The standard InChI is InChI=1S/C13H21N7O2/c1-9(2)20-7-12(17-18-20)16-13(21)15-10(8-22-4)11-5-6-14-19(11)3/h5-7,9-10H,8H2,1-4H3,(H2,15,16,21)/t10-/m0/s1. The van der Waals surface area contributed by atoms with Crippen LogP contribution in [0.15, 0.2) is 18.5 Å². The largest absolute Gasteiger partial charge is 0.382 e. The third kappa shape index (κ3) is 3.82. The van der Waals surface area contributed by atoms with Crippen LogP contribution in [0.25, 0.3) is 0 Å². The van der Waals surface area contributed by atoms with E-state index in [1.165, 1.54) is 0 Å². The molecular formula is C13H21N7O2. The maximum absolute atomic E-state index is 12.1. The lowest BCUT2D eigenvalue weighted by Crippen LogP contribution is -2.35. The fourth-order valence-electron chi connectivity index (χ4n) is 1.99. The molecule has 2 aromatic heterocycles. The van der Waals surface area contributed by atoms with E-state index >= 15 is 0 Å². The summed E-state index contributed by atoms with van der Waals surface area (Å²) in [5, 5.41) is 17.4. The normalized spacial score (nSPS) is 12.4. The molecular weight excluding hydrogens is 286 g/mol. The first-order valence-corrected chi connectivity index (χ1v) is 6.97. The van der Waals surface area contributed by atoms with Gasteiger partial charge in [0.15, 0.2) is 5.82 Å². The van der Waals surface area contributed by atoms with Gasteiger partial charge in [-0.15, -0.1) is 5.10 Å². The van der Waals surface area contributed by atoms with Crippen LogP contribution in [-0.4, -0.2) is 44.5 Å². The van der Waals surface area contributed by atoms with E-state index in [-0.39, 0.29) is 18.1 Å². The van der Waals surface area contributed by atoms with Crippen molar-refractivity contribution in [3.05, 3.63) is 24.2 Å². The Balaban J connectivity index is 2.00. The molecule has 0 aliphatic heterocycles. The second-order valence-corrected chi connectivity index (χ2v) is 5.16. The van der Waals surface area contributed by atoms with Crippen molar-refractivity contribution < 1.29 is 9.53 Å². The Kier molecular flexibility index (Phi) is 5.10. The molecule has 0 saturated carbocycles. The van der Waals surface area contributed by atoms with E-state index < -0.39 is 0 Å². The average Bonchev–Trinajstić information content (AvgIpc) is 3.07. The summed E-state index contributed by atoms with van der Waals surface area (Å²) in [4.78, 5) is 12.1. The van der Waals surface area contributed by atoms with Gasteiger partial charge >= 0.3 is 6.03 Å². The van der Waals surface area contributed by atoms with E-state index in [0.29, 0.717) is 12.4 Å². The van der Waals surface area contributed by atoms with Crippen LogP contribution in [0.5, 0.6) is 0 Å². The maximum Gasteiger partial charge on any atom is 0.321 e. The van der Waals surface area contributed by atoms with Crippen molar-refractivity contribution in [2.45, 2.75) is 25.9 Å². The van der Waals surface area contributed by atoms with E-state index in [1.807, 2.05) is 27.0 Å². The monoisotopic (exact) mass is 307 g/mol. The van der Waals surface area contributed by atoms with E-state index in [1.54, 1.807) is 28.9 Å². The highest BCUT2D eigenvalue weighted by Gasteiger charge is 2.18. The van der Waals surface area contributed by atoms with Crippen molar-refractivity contribution in [1.82, 2.24) is 30.1 Å². The lowest BCUT2D eigenvalue weighted by Gasteiger charge is -2.18. The zero-order chi connectivity index (χ0) is 16.1. The lowest BCUT2D eigenvalue weighted by molar-refractivity contribution is 0.165. The van der Waals surface area contributed by atoms with E-state index in [4.69, 9.17) is 4.74 Å². The Labute approximate surface area is 128 Å². The van der Waals surface area contributed by atoms with Crippen LogP contribution in [0.4, 0.5) is 10.6 Å². The number of carbonyl (C=O) groups is 1. The van der Waals surface area contributed by atoms with Crippen LogP contribution in [0.2, 0.25) is 0 Å². The zero-order valence-electron chi connectivity index (χ0n) is 13.1. The number of methoxy groups -OCH3 is 1. The van der Waals surface area contributed by atoms with E-state index in [0.717, 1.165) is 5.69 Å². The third-order valence-corrected chi connectivity index (χ3v) is 3.14. The molecule has 0 unspecified atom stereocenters. The highest BCUT2D eigenvalue weighted by molar-refractivity contribution is 5.88. The number of carbonyl (C=O) groups excluding carboxylic acids is 1. The summed E-state index contributed by atoms with van der Waals surface area (Å²) in [7, 11) is 3.39. The molecule has 0 spiro atoms. The molecule has 0 bridgehead atoms. The molecule has 0 saturated heterocycles. The first-order valence-electron chi connectivity index (χ1n) is 6.97. The topological polar surface area (TPSA) is 98.9 Å². The van der Waals surface area contributed by atoms with Crippen molar-refractivity contribution in [3.63, 3.8) is 0 Å². The molecule has 0 aliphatic carbocycles. The summed E-state index contributed by atoms with van der Waals surface area (Å²) < 4.78 is 8.52. The first-order chi connectivity index (χ1) is 10.5. The van der Waals surface area contributed by atoms with Crippen LogP contribution in [0, 0.1) is 0 Å². The summed E-state index contributed by atoms with van der Waals surface area (Å²) in [5.41, 5.74) is 0.850. The molecule has 0 fully saturated rings. The predicted octanol–water partition coefficient (Wildman–Crippen LogP) is 1.10. The summed E-state index contributed by atoms with van der Waals surface area (Å²) in [6.07, 6.45) is 3.35. The van der Waals surface area contributed by atoms with Gasteiger partial charge in [0.2, 0.25) is 0 Å². The molecule has 0 aromatic carbocycles. The highest BCUT2D eigenvalue weighted by Crippen LogP contribution is 2.12. The van der Waals surface area contributed by atoms with Crippen LogP contribution in [-0.2, 0) is 11.8 Å². The number of urea groups is 1. The van der Waals surface area contributed by atoms with E-state index in [9.17, 15) is 4.79 Å². The van der Waals surface area contributed by atoms with E-state index in [2.05, 4.69) is 26.0 Å². The maximum atomic E-state index is 12.1. The van der Waals surface area contributed by atoms with Crippen LogP contribution < -0.4 is 10.6 Å². The van der Waals surface area contributed by atoms with Gasteiger partial charge in [-0.25, -0.2) is 9.48 Å². The molecule has 0 radical (unpaired) electrons. The summed E-state index contributed by atoms with van der Waals surface area (Å²) in [6.45, 7) is 4.30. The van der Waals surface area contributed by atoms with Gasteiger partial charge in [0.1, 0.15) is 0 Å². The summed E-state index contributed by atoms with van der Waals surface area (Å²) in [5.74, 6) is 0.396. The molecule has 2 amide bonds. The van der Waals surface area contributed by atoms with Crippen molar-refractivity contribution in [1.29, 1.82) is 0 Å². The second kappa shape index (κ2) is 7.03. The number of amides is 2. The highest BCUT2D eigenvalue weighted by atomic mass is 16.5. The van der Waals surface area contributed by atoms with Gasteiger partial charge in [-0.3, -0.25) is 10.00 Å². The molecule has 2 rings (SSSR count). The first kappa shape index (κ1) is 16.0. The van der Waals surface area contributed by atoms with Gasteiger partial charge in [-0.05, 0) is 19.9 Å². The second-order valence-electron chi connectivity index (χ2n) is 5.16. The number of hydrogen-bond donors (Lipinski definition) is 2. The van der Waals surface area contributed by atoms with Crippen molar-refractivity contribution in [2.75, 3.05) is 19.0 Å². The summed E-state index contributed by atoms with van der Waals surface area (Å²) >= 11 is 0. The Morgan fingerprint density at radius 2 is 2.23 bits per heavy atom. The zero-order valence-corrected chi connectivity index (χ0v) is 13.1. The van der Waals surface area contributed by atoms with Gasteiger partial charge in [0.05, 0.1) is 24.5 Å². The van der Waals surface area contributed by atoms with Gasteiger partial charge < -0.3 is 10.1 Å². The smallest absolute Gasteiger partial charge is 0.321 e. The predicted molar refractivity (Wildman–Crippen MR) is 80.4 cm³/mol. The van der Waals surface area contributed by atoms with Crippen molar-refractivity contribution in [3.8, 4) is 0 Å². The van der Waals surface area contributed by atoms with Crippen LogP contribution in [0.3, 0.4) is 0 Å². The molecule has 2 N–H and O–H groups in total. The van der Waals surface area contributed by atoms with Gasteiger partial charge in [0.25, 0.3) is 0 Å². The van der Waals surface area contributed by atoms with Gasteiger partial charge in [-0.2, -0.15) is 5.10 Å². The molecule has 9 heteroatoms. The molecule has 9 nitrogen and oxygen atoms in total. The van der Waals surface area contributed by atoms with Crippen molar-refractivity contribution in [2.24, 2.45) is 7.05 Å². The number of nitrogens with one attached hydrogen (secondary N) is 2. The summed E-state index contributed by atoms with van der Waals surface area (Å²) in [6, 6.07) is 1.33. The Morgan fingerprint density at radius 1 is 1.45 bits per heavy atom. The molecule has 2 heterocycles. The Hall–Kier alpha value is -2.42. The fourth-order valence-corrected chi connectivity index (χ4v) is 1.99. The Bertz CT molecular complexity index is 619. The minimum absolute atomic E-state index is 0.182. The number of aryl methyl sites for hydroxylation is 1. The number of ether oxygens (including phenoxy) is 1. The molecule has 2 aromatic rings. The number of nitrogens with zero attached hydrogens (tertiary/aromatic N) is 5. The number of anilines is 1. The van der Waals surface area contributed by atoms with Crippen LogP contribution in [0.1, 0.15) is 31.6 Å². The number of hydrogen-bond acceptors (Lipinski definition) is 5. The SMILES string of the molecule is COC[C@H](NC(=O)Nc1cn(C(C)C)nn1)c1ccnn1C. The quantitative estimate of drug-likeness (QED) is 0.832. The van der Waals surface area contributed by atoms with Gasteiger partial charge in [0, 0.05) is 26.4 Å². The fraction of sp³-hybridized carbons (Fsp3) is 0.538. The molecule has 1 atom stereocenters. The number of rotatable bonds is 6. The molecule has 22 heavy (non-hydrogen) atoms. The van der Waals surface area contributed by atoms with Crippen molar-refractivity contribution >= 4 is 11.8 Å². The molecule has 0 aliphatic rings. The third-order valence-electron chi connectivity index (χ3n) is 3.14. The Morgan fingerprint density at radius 3 is 2.77 bits per heavy atom. The molecule has 120 valence electrons. The van der Waals surface area contributed by atoms with Gasteiger partial charge in [-0.1, -0.05) is 5.21 Å². The minimum Gasteiger partial charge on any atom is -0.382 e. The minimum atomic E-state index is -0.376. The van der Waals surface area contributed by atoms with Crippen LogP contribution >= 0.6 is 0 Å². The average molecular weight is 307 g/mol. The number of aromatic nitrogens is 5.